The topological polar surface area (TPSA) is 70.6 Å². The monoisotopic (exact) mass is 411 g/mol. The number of likely N-dealkylation sites (N-methyl/N-ethyl adjacent to an activating group) is 1. The Morgan fingerprint density at radius 1 is 1.17 bits per heavy atom. The number of hydrogen-bond acceptors (Lipinski definition) is 6. The van der Waals surface area contributed by atoms with Gasteiger partial charge in [0, 0.05) is 55.6 Å². The fraction of sp³-hybridized carbons (Fsp3) is 0.522. The van der Waals surface area contributed by atoms with E-state index in [2.05, 4.69) is 39.1 Å². The third kappa shape index (κ3) is 5.77. The van der Waals surface area contributed by atoms with Crippen LogP contribution in [0.1, 0.15) is 24.6 Å². The number of hydrogen-bond donors (Lipinski definition) is 1. The van der Waals surface area contributed by atoms with Gasteiger partial charge in [0.25, 0.3) is 0 Å². The molecular weight excluding hydrogens is 378 g/mol. The van der Waals surface area contributed by atoms with Crippen molar-refractivity contribution in [3.8, 4) is 17.3 Å². The van der Waals surface area contributed by atoms with Crippen LogP contribution in [-0.4, -0.2) is 78.6 Å². The lowest BCUT2D eigenvalue weighted by Gasteiger charge is -2.34. The average Bonchev–Trinajstić information content (AvgIpc) is 2.76. The van der Waals surface area contributed by atoms with E-state index in [-0.39, 0.29) is 18.4 Å². The Bertz CT molecular complexity index is 835. The van der Waals surface area contributed by atoms with Crippen LogP contribution in [0.2, 0.25) is 0 Å². The quantitative estimate of drug-likeness (QED) is 0.718. The Labute approximate surface area is 179 Å². The molecule has 7 nitrogen and oxygen atoms in total. The van der Waals surface area contributed by atoms with Crippen LogP contribution in [0.3, 0.4) is 0 Å². The van der Waals surface area contributed by atoms with Crippen LogP contribution in [0.15, 0.2) is 30.3 Å². The predicted molar refractivity (Wildman–Crippen MR) is 119 cm³/mol. The molecule has 2 aromatic rings. The molecular formula is C23H33N5O2. The lowest BCUT2D eigenvalue weighted by atomic mass is 10.1. The van der Waals surface area contributed by atoms with Crippen molar-refractivity contribution in [2.24, 2.45) is 0 Å². The fourth-order valence-corrected chi connectivity index (χ4v) is 3.72. The molecule has 1 saturated heterocycles. The molecule has 1 aliphatic heterocycles. The van der Waals surface area contributed by atoms with Gasteiger partial charge in [0.2, 0.25) is 11.8 Å². The van der Waals surface area contributed by atoms with Gasteiger partial charge < -0.3 is 15.0 Å². The summed E-state index contributed by atoms with van der Waals surface area (Å²) < 4.78 is 5.51. The van der Waals surface area contributed by atoms with E-state index in [4.69, 9.17) is 4.74 Å². The van der Waals surface area contributed by atoms with E-state index < -0.39 is 0 Å². The summed E-state index contributed by atoms with van der Waals surface area (Å²) >= 11 is 0. The number of rotatable bonds is 8. The molecule has 0 bridgehead atoms. The second kappa shape index (κ2) is 10.5. The number of carbonyl (C=O) groups is 1. The average molecular weight is 412 g/mol. The SMILES string of the molecule is CCC(CN1CCN(C)CC1)NC(=O)Cc1c(C)nc(-c2ccccc2)nc1OC. The predicted octanol–water partition coefficient (Wildman–Crippen LogP) is 2.15. The second-order valence-electron chi connectivity index (χ2n) is 7.94. The molecule has 1 aromatic carbocycles. The summed E-state index contributed by atoms with van der Waals surface area (Å²) in [7, 11) is 3.73. The second-order valence-corrected chi connectivity index (χ2v) is 7.94. The molecule has 1 atom stereocenters. The van der Waals surface area contributed by atoms with Gasteiger partial charge >= 0.3 is 0 Å². The van der Waals surface area contributed by atoms with Crippen LogP contribution in [0.25, 0.3) is 11.4 Å². The molecule has 1 amide bonds. The summed E-state index contributed by atoms with van der Waals surface area (Å²) in [6.45, 7) is 9.15. The maximum atomic E-state index is 12.8. The minimum atomic E-state index is -0.0200. The van der Waals surface area contributed by atoms with Crippen molar-refractivity contribution in [1.82, 2.24) is 25.1 Å². The number of nitrogens with zero attached hydrogens (tertiary/aromatic N) is 4. The van der Waals surface area contributed by atoms with E-state index in [0.29, 0.717) is 11.7 Å². The normalized spacial score (nSPS) is 16.3. The number of aromatic nitrogens is 2. The first-order valence-electron chi connectivity index (χ1n) is 10.7. The highest BCUT2D eigenvalue weighted by Crippen LogP contribution is 2.24. The zero-order valence-corrected chi connectivity index (χ0v) is 18.5. The highest BCUT2D eigenvalue weighted by atomic mass is 16.5. The lowest BCUT2D eigenvalue weighted by Crippen LogP contribution is -2.50. The standard InChI is InChI=1S/C23H33N5O2/c1-5-19(16-28-13-11-27(3)12-14-28)25-21(29)15-20-17(2)24-22(26-23(20)30-4)18-9-7-6-8-10-18/h6-10,19H,5,11-16H2,1-4H3,(H,25,29). The number of piperazine rings is 1. The van der Waals surface area contributed by atoms with Crippen molar-refractivity contribution in [1.29, 1.82) is 0 Å². The minimum absolute atomic E-state index is 0.0200. The largest absolute Gasteiger partial charge is 0.481 e. The number of aryl methyl sites for hydroxylation is 1. The summed E-state index contributed by atoms with van der Waals surface area (Å²) in [5.41, 5.74) is 2.43. The number of benzene rings is 1. The van der Waals surface area contributed by atoms with Crippen LogP contribution < -0.4 is 10.1 Å². The maximum absolute atomic E-state index is 12.8. The number of amides is 1. The van der Waals surface area contributed by atoms with Crippen molar-refractivity contribution in [2.45, 2.75) is 32.7 Å². The third-order valence-electron chi connectivity index (χ3n) is 5.67. The summed E-state index contributed by atoms with van der Waals surface area (Å²) in [5, 5.41) is 3.19. The molecule has 30 heavy (non-hydrogen) atoms. The molecule has 1 aromatic heterocycles. The van der Waals surface area contributed by atoms with Crippen molar-refractivity contribution >= 4 is 5.91 Å². The van der Waals surface area contributed by atoms with Gasteiger partial charge in [-0.15, -0.1) is 0 Å². The Morgan fingerprint density at radius 2 is 1.87 bits per heavy atom. The van der Waals surface area contributed by atoms with Crippen LogP contribution in [0, 0.1) is 6.92 Å². The zero-order valence-electron chi connectivity index (χ0n) is 18.5. The molecule has 1 fully saturated rings. The summed E-state index contributed by atoms with van der Waals surface area (Å²) in [6, 6.07) is 9.92. The molecule has 0 aliphatic carbocycles. The molecule has 1 aliphatic rings. The van der Waals surface area contributed by atoms with E-state index >= 15 is 0 Å². The Kier molecular flexibility index (Phi) is 7.76. The molecule has 0 saturated carbocycles. The van der Waals surface area contributed by atoms with Gasteiger partial charge in [-0.1, -0.05) is 37.3 Å². The molecule has 0 spiro atoms. The van der Waals surface area contributed by atoms with Gasteiger partial charge in [-0.2, -0.15) is 4.98 Å². The van der Waals surface area contributed by atoms with Gasteiger partial charge in [0.1, 0.15) is 0 Å². The van der Waals surface area contributed by atoms with E-state index in [1.54, 1.807) is 7.11 Å². The Morgan fingerprint density at radius 3 is 2.50 bits per heavy atom. The fourth-order valence-electron chi connectivity index (χ4n) is 3.72. The van der Waals surface area contributed by atoms with Crippen LogP contribution in [0.5, 0.6) is 5.88 Å². The molecule has 3 rings (SSSR count). The van der Waals surface area contributed by atoms with E-state index in [1.807, 2.05) is 37.3 Å². The molecule has 2 heterocycles. The first-order valence-corrected chi connectivity index (χ1v) is 10.7. The van der Waals surface area contributed by atoms with Crippen LogP contribution in [-0.2, 0) is 11.2 Å². The van der Waals surface area contributed by atoms with E-state index in [0.717, 1.165) is 56.0 Å². The molecule has 162 valence electrons. The van der Waals surface area contributed by atoms with E-state index in [1.165, 1.54) is 0 Å². The molecule has 1 unspecified atom stereocenters. The van der Waals surface area contributed by atoms with Crippen molar-refractivity contribution in [3.05, 3.63) is 41.6 Å². The molecule has 1 N–H and O–H groups in total. The Balaban J connectivity index is 1.66. The zero-order chi connectivity index (χ0) is 21.5. The highest BCUT2D eigenvalue weighted by Gasteiger charge is 2.21. The van der Waals surface area contributed by atoms with Crippen molar-refractivity contribution < 1.29 is 9.53 Å². The summed E-state index contributed by atoms with van der Waals surface area (Å²) in [5.74, 6) is 1.05. The van der Waals surface area contributed by atoms with Gasteiger partial charge in [-0.05, 0) is 20.4 Å². The number of ether oxygens (including phenoxy) is 1. The molecule has 7 heteroatoms. The van der Waals surface area contributed by atoms with Gasteiger partial charge in [0.15, 0.2) is 5.82 Å². The maximum Gasteiger partial charge on any atom is 0.224 e. The van der Waals surface area contributed by atoms with Crippen molar-refractivity contribution in [2.75, 3.05) is 46.9 Å². The van der Waals surface area contributed by atoms with Gasteiger partial charge in [0.05, 0.1) is 13.5 Å². The smallest absolute Gasteiger partial charge is 0.224 e. The summed E-state index contributed by atoms with van der Waals surface area (Å²) in [4.78, 5) is 26.7. The molecule has 0 radical (unpaired) electrons. The first-order chi connectivity index (χ1) is 14.5. The Hall–Kier alpha value is -2.51. The van der Waals surface area contributed by atoms with Crippen LogP contribution >= 0.6 is 0 Å². The van der Waals surface area contributed by atoms with Crippen LogP contribution in [0.4, 0.5) is 0 Å². The third-order valence-corrected chi connectivity index (χ3v) is 5.67. The van der Waals surface area contributed by atoms with E-state index in [9.17, 15) is 4.79 Å². The number of methoxy groups -OCH3 is 1. The lowest BCUT2D eigenvalue weighted by molar-refractivity contribution is -0.121. The first kappa shape index (κ1) is 22.2. The van der Waals surface area contributed by atoms with Gasteiger partial charge in [-0.25, -0.2) is 4.98 Å². The van der Waals surface area contributed by atoms with Crippen molar-refractivity contribution in [3.63, 3.8) is 0 Å². The highest BCUT2D eigenvalue weighted by molar-refractivity contribution is 5.80. The van der Waals surface area contributed by atoms with Gasteiger partial charge in [-0.3, -0.25) is 9.69 Å². The number of carbonyl (C=O) groups excluding carboxylic acids is 1. The summed E-state index contributed by atoms with van der Waals surface area (Å²) in [6.07, 6.45) is 1.11. The minimum Gasteiger partial charge on any atom is -0.481 e. The number of nitrogens with one attached hydrogen (secondary N) is 1.